The van der Waals surface area contributed by atoms with E-state index in [0.717, 1.165) is 0 Å². The van der Waals surface area contributed by atoms with Crippen molar-refractivity contribution in [1.82, 2.24) is 4.90 Å². The van der Waals surface area contributed by atoms with Gasteiger partial charge in [-0.15, -0.1) is 6.58 Å². The van der Waals surface area contributed by atoms with Crippen molar-refractivity contribution in [2.75, 3.05) is 7.05 Å². The number of carbonyl (C=O) groups is 1. The maximum absolute atomic E-state index is 10.5. The number of likely N-dealkylation sites (tertiary alicyclic amines) is 1. The molecule has 0 aromatic heterocycles. The predicted octanol–water partition coefficient (Wildman–Crippen LogP) is 0.403. The van der Waals surface area contributed by atoms with Crippen molar-refractivity contribution in [1.29, 1.82) is 0 Å². The Bertz CT molecular complexity index is 130. The molecule has 1 heterocycles. The molecule has 0 bridgehead atoms. The van der Waals surface area contributed by atoms with E-state index in [1.165, 1.54) is 0 Å². The fourth-order valence-electron chi connectivity index (χ4n) is 0.774. The molecule has 2 nitrogen and oxygen atoms in total. The van der Waals surface area contributed by atoms with Crippen LogP contribution in [0, 0.1) is 0 Å². The fourth-order valence-corrected chi connectivity index (χ4v) is 0.774. The van der Waals surface area contributed by atoms with Crippen molar-refractivity contribution in [3.05, 3.63) is 12.7 Å². The minimum Gasteiger partial charge on any atom is -0.339 e. The number of amides is 1. The Morgan fingerprint density at radius 3 is 2.75 bits per heavy atom. The summed E-state index contributed by atoms with van der Waals surface area (Å²) >= 11 is 0. The molecule has 0 radical (unpaired) electrons. The van der Waals surface area contributed by atoms with Gasteiger partial charge in [0.1, 0.15) is 0 Å². The second kappa shape index (κ2) is 1.62. The number of carbonyl (C=O) groups excluding carboxylic acids is 1. The molecule has 1 amide bonds. The Labute approximate surface area is 48.8 Å². The third kappa shape index (κ3) is 0.529. The highest BCUT2D eigenvalue weighted by atomic mass is 16.2. The maximum atomic E-state index is 10.5. The lowest BCUT2D eigenvalue weighted by Crippen LogP contribution is -2.48. The fraction of sp³-hybridized carbons (Fsp3) is 0.500. The van der Waals surface area contributed by atoms with E-state index in [9.17, 15) is 4.79 Å². The summed E-state index contributed by atoms with van der Waals surface area (Å²) in [6, 6.07) is 0.308. The van der Waals surface area contributed by atoms with Crippen LogP contribution in [0.4, 0.5) is 0 Å². The van der Waals surface area contributed by atoms with Gasteiger partial charge in [-0.25, -0.2) is 0 Å². The summed E-state index contributed by atoms with van der Waals surface area (Å²) in [5.41, 5.74) is 0. The van der Waals surface area contributed by atoms with Gasteiger partial charge in [0.25, 0.3) is 0 Å². The van der Waals surface area contributed by atoms with Crippen LogP contribution in [0.25, 0.3) is 0 Å². The van der Waals surface area contributed by atoms with E-state index < -0.39 is 0 Å². The second-order valence-corrected chi connectivity index (χ2v) is 2.01. The summed E-state index contributed by atoms with van der Waals surface area (Å²) in [6.07, 6.45) is 2.45. The van der Waals surface area contributed by atoms with Crippen LogP contribution < -0.4 is 0 Å². The molecule has 1 fully saturated rings. The normalized spacial score (nSPS) is 27.4. The molecule has 8 heavy (non-hydrogen) atoms. The van der Waals surface area contributed by atoms with Gasteiger partial charge in [-0.2, -0.15) is 0 Å². The molecule has 1 atom stereocenters. The smallest absolute Gasteiger partial charge is 0.225 e. The van der Waals surface area contributed by atoms with Gasteiger partial charge in [0.15, 0.2) is 0 Å². The molecule has 44 valence electrons. The van der Waals surface area contributed by atoms with Crippen LogP contribution in [0.1, 0.15) is 6.42 Å². The van der Waals surface area contributed by atoms with Crippen molar-refractivity contribution in [3.8, 4) is 0 Å². The molecule has 0 N–H and O–H groups in total. The highest BCUT2D eigenvalue weighted by Gasteiger charge is 2.29. The third-order valence-electron chi connectivity index (χ3n) is 1.55. The third-order valence-corrected chi connectivity index (χ3v) is 1.55. The van der Waals surface area contributed by atoms with Gasteiger partial charge < -0.3 is 4.90 Å². The molecule has 0 aromatic carbocycles. The Balaban J connectivity index is 2.47. The minimum atomic E-state index is 0.218. The maximum Gasteiger partial charge on any atom is 0.225 e. The molecule has 0 aliphatic carbocycles. The number of β-lactam (4-membered cyclic amide) rings is 1. The molecular formula is C6H9NO. The van der Waals surface area contributed by atoms with Gasteiger partial charge in [0, 0.05) is 7.05 Å². The van der Waals surface area contributed by atoms with E-state index in [4.69, 9.17) is 0 Å². The number of nitrogens with zero attached hydrogens (tertiary/aromatic N) is 1. The standard InChI is InChI=1S/C6H9NO/c1-3-5-4-6(8)7(5)2/h3,5H,1,4H2,2H3. The number of rotatable bonds is 1. The first-order chi connectivity index (χ1) is 3.75. The lowest BCUT2D eigenvalue weighted by Gasteiger charge is -2.34. The van der Waals surface area contributed by atoms with Crippen LogP contribution >= 0.6 is 0 Å². The molecule has 0 spiro atoms. The summed E-state index contributed by atoms with van der Waals surface area (Å²) in [5, 5.41) is 0. The van der Waals surface area contributed by atoms with E-state index in [-0.39, 0.29) is 5.91 Å². The lowest BCUT2D eigenvalue weighted by atomic mass is 10.0. The van der Waals surface area contributed by atoms with Gasteiger partial charge in [0.05, 0.1) is 12.5 Å². The summed E-state index contributed by atoms with van der Waals surface area (Å²) in [4.78, 5) is 12.2. The molecule has 1 unspecified atom stereocenters. The van der Waals surface area contributed by atoms with Gasteiger partial charge in [-0.1, -0.05) is 6.08 Å². The highest BCUT2D eigenvalue weighted by Crippen LogP contribution is 2.15. The zero-order chi connectivity index (χ0) is 6.15. The van der Waals surface area contributed by atoms with Gasteiger partial charge in [-0.05, 0) is 0 Å². The summed E-state index contributed by atoms with van der Waals surface area (Å²) in [7, 11) is 1.79. The van der Waals surface area contributed by atoms with Gasteiger partial charge in [0.2, 0.25) is 5.91 Å². The van der Waals surface area contributed by atoms with Crippen molar-refractivity contribution in [2.45, 2.75) is 12.5 Å². The Kier molecular flexibility index (Phi) is 1.08. The van der Waals surface area contributed by atoms with Gasteiger partial charge in [-0.3, -0.25) is 4.79 Å². The van der Waals surface area contributed by atoms with Crippen LogP contribution in [0.5, 0.6) is 0 Å². The second-order valence-electron chi connectivity index (χ2n) is 2.01. The average Bonchev–Trinajstić information content (AvgIpc) is 1.81. The van der Waals surface area contributed by atoms with Crippen LogP contribution in [-0.4, -0.2) is 23.9 Å². The van der Waals surface area contributed by atoms with Gasteiger partial charge >= 0.3 is 0 Å². The molecule has 0 aromatic rings. The van der Waals surface area contributed by atoms with Crippen LogP contribution in [0.3, 0.4) is 0 Å². The Morgan fingerprint density at radius 1 is 2.00 bits per heavy atom. The predicted molar refractivity (Wildman–Crippen MR) is 31.4 cm³/mol. The first kappa shape index (κ1) is 5.35. The van der Waals surface area contributed by atoms with E-state index >= 15 is 0 Å². The Hall–Kier alpha value is -0.790. The minimum absolute atomic E-state index is 0.218. The quantitative estimate of drug-likeness (QED) is 0.354. The SMILES string of the molecule is C=CC1CC(=O)N1C. The van der Waals surface area contributed by atoms with Crippen molar-refractivity contribution >= 4 is 5.91 Å². The monoisotopic (exact) mass is 111 g/mol. The first-order valence-electron chi connectivity index (χ1n) is 2.64. The number of likely N-dealkylation sites (N-methyl/N-ethyl adjacent to an activating group) is 1. The van der Waals surface area contributed by atoms with E-state index in [1.54, 1.807) is 18.0 Å². The van der Waals surface area contributed by atoms with Crippen LogP contribution in [0.2, 0.25) is 0 Å². The first-order valence-corrected chi connectivity index (χ1v) is 2.64. The van der Waals surface area contributed by atoms with E-state index in [2.05, 4.69) is 6.58 Å². The highest BCUT2D eigenvalue weighted by molar-refractivity contribution is 5.83. The molecule has 1 aliphatic heterocycles. The molecular weight excluding hydrogens is 102 g/mol. The zero-order valence-corrected chi connectivity index (χ0v) is 4.92. The number of hydrogen-bond acceptors (Lipinski definition) is 1. The van der Waals surface area contributed by atoms with Crippen molar-refractivity contribution in [2.24, 2.45) is 0 Å². The zero-order valence-electron chi connectivity index (χ0n) is 4.92. The Morgan fingerprint density at radius 2 is 2.62 bits per heavy atom. The average molecular weight is 111 g/mol. The van der Waals surface area contributed by atoms with E-state index in [1.807, 2.05) is 0 Å². The van der Waals surface area contributed by atoms with Crippen molar-refractivity contribution < 1.29 is 4.79 Å². The summed E-state index contributed by atoms with van der Waals surface area (Å²) in [6.45, 7) is 3.57. The molecule has 0 saturated carbocycles. The summed E-state index contributed by atoms with van der Waals surface area (Å²) < 4.78 is 0. The molecule has 1 saturated heterocycles. The lowest BCUT2D eigenvalue weighted by molar-refractivity contribution is -0.141. The van der Waals surface area contributed by atoms with Crippen LogP contribution in [0.15, 0.2) is 12.7 Å². The number of hydrogen-bond donors (Lipinski definition) is 0. The topological polar surface area (TPSA) is 20.3 Å². The van der Waals surface area contributed by atoms with Crippen molar-refractivity contribution in [3.63, 3.8) is 0 Å². The van der Waals surface area contributed by atoms with Crippen LogP contribution in [-0.2, 0) is 4.79 Å². The molecule has 2 heteroatoms. The molecule has 1 rings (SSSR count). The molecule has 1 aliphatic rings. The summed E-state index contributed by atoms with van der Waals surface area (Å²) in [5.74, 6) is 0.218. The van der Waals surface area contributed by atoms with E-state index in [0.29, 0.717) is 12.5 Å². The largest absolute Gasteiger partial charge is 0.339 e.